The van der Waals surface area contributed by atoms with Gasteiger partial charge in [0.2, 0.25) is 11.8 Å². The van der Waals surface area contributed by atoms with Crippen LogP contribution < -0.4 is 11.1 Å². The number of hydrogen-bond donors (Lipinski definition) is 2. The molecular weight excluding hydrogens is 352 g/mol. The number of primary amides is 1. The molecule has 3 N–H and O–H groups in total. The predicted molar refractivity (Wildman–Crippen MR) is 112 cm³/mol. The summed E-state index contributed by atoms with van der Waals surface area (Å²) in [6, 6.07) is 7.67. The van der Waals surface area contributed by atoms with Crippen LogP contribution in [0.2, 0.25) is 0 Å². The second kappa shape index (κ2) is 9.35. The number of aromatic nitrogens is 2. The number of nitrogens with one attached hydrogen (secondary N) is 1. The van der Waals surface area contributed by atoms with Crippen molar-refractivity contribution >= 4 is 17.9 Å². The Balaban J connectivity index is 2.13. The molecule has 2 unspecified atom stereocenters. The van der Waals surface area contributed by atoms with Gasteiger partial charge in [-0.25, -0.2) is 0 Å². The zero-order valence-electron chi connectivity index (χ0n) is 17.3. The minimum atomic E-state index is -0.673. The maximum atomic E-state index is 12.3. The topological polar surface area (TPSA) is 90.0 Å². The predicted octanol–water partition coefficient (Wildman–Crippen LogP) is 2.89. The summed E-state index contributed by atoms with van der Waals surface area (Å²) in [4.78, 5) is 23.9. The third-order valence-corrected chi connectivity index (χ3v) is 5.11. The van der Waals surface area contributed by atoms with E-state index in [9.17, 15) is 9.59 Å². The number of nitrogens with two attached hydrogens (primary N) is 1. The lowest BCUT2D eigenvalue weighted by Gasteiger charge is -2.20. The van der Waals surface area contributed by atoms with Crippen LogP contribution in [0.5, 0.6) is 0 Å². The molecule has 1 aromatic heterocycles. The highest BCUT2D eigenvalue weighted by molar-refractivity contribution is 5.95. The van der Waals surface area contributed by atoms with E-state index in [4.69, 9.17) is 5.73 Å². The molecule has 2 atom stereocenters. The zero-order valence-corrected chi connectivity index (χ0v) is 17.3. The van der Waals surface area contributed by atoms with Crippen LogP contribution in [0.25, 0.3) is 6.08 Å². The minimum Gasteiger partial charge on any atom is -0.368 e. The molecular formula is C22H30N4O2. The largest absolute Gasteiger partial charge is 0.368 e. The Bertz CT molecular complexity index is 865. The van der Waals surface area contributed by atoms with Crippen LogP contribution in [-0.2, 0) is 16.1 Å². The Morgan fingerprint density at radius 3 is 2.43 bits per heavy atom. The summed E-state index contributed by atoms with van der Waals surface area (Å²) in [7, 11) is 0. The number of nitrogens with zero attached hydrogens (tertiary/aromatic N) is 2. The van der Waals surface area contributed by atoms with E-state index >= 15 is 0 Å². The van der Waals surface area contributed by atoms with Crippen molar-refractivity contribution in [2.24, 2.45) is 11.7 Å². The van der Waals surface area contributed by atoms with E-state index in [1.165, 1.54) is 17.2 Å². The van der Waals surface area contributed by atoms with Gasteiger partial charge in [-0.15, -0.1) is 0 Å². The Labute approximate surface area is 166 Å². The van der Waals surface area contributed by atoms with Gasteiger partial charge in [0.15, 0.2) is 0 Å². The first kappa shape index (κ1) is 21.4. The number of rotatable bonds is 8. The lowest BCUT2D eigenvalue weighted by molar-refractivity contribution is -0.126. The van der Waals surface area contributed by atoms with Gasteiger partial charge in [-0.3, -0.25) is 14.3 Å². The van der Waals surface area contributed by atoms with Gasteiger partial charge in [0.25, 0.3) is 0 Å². The lowest BCUT2D eigenvalue weighted by atomic mass is 9.98. The highest BCUT2D eigenvalue weighted by Crippen LogP contribution is 2.17. The average molecular weight is 383 g/mol. The van der Waals surface area contributed by atoms with E-state index in [1.807, 2.05) is 32.4 Å². The van der Waals surface area contributed by atoms with Crippen molar-refractivity contribution in [1.29, 1.82) is 0 Å². The van der Waals surface area contributed by atoms with E-state index in [2.05, 4.69) is 41.6 Å². The van der Waals surface area contributed by atoms with Crippen molar-refractivity contribution in [3.8, 4) is 0 Å². The van der Waals surface area contributed by atoms with E-state index in [0.29, 0.717) is 6.54 Å². The Morgan fingerprint density at radius 2 is 1.86 bits per heavy atom. The van der Waals surface area contributed by atoms with Crippen molar-refractivity contribution in [3.63, 3.8) is 0 Å². The molecule has 0 fully saturated rings. The van der Waals surface area contributed by atoms with Crippen molar-refractivity contribution in [2.45, 2.75) is 53.6 Å². The van der Waals surface area contributed by atoms with Crippen molar-refractivity contribution in [2.75, 3.05) is 0 Å². The summed E-state index contributed by atoms with van der Waals surface area (Å²) < 4.78 is 1.93. The van der Waals surface area contributed by atoms with Crippen molar-refractivity contribution in [3.05, 3.63) is 58.4 Å². The third kappa shape index (κ3) is 5.31. The SMILES string of the molecule is CCC(C)C(NC(=O)C=Cc1c(C)nn(Cc2ccc(C)cc2)c1C)C(N)=O. The molecule has 6 heteroatoms. The quantitative estimate of drug-likeness (QED) is 0.688. The molecule has 28 heavy (non-hydrogen) atoms. The molecule has 0 bridgehead atoms. The summed E-state index contributed by atoms with van der Waals surface area (Å²) in [5.41, 5.74) is 10.5. The number of carbonyl (C=O) groups is 2. The zero-order chi connectivity index (χ0) is 20.8. The smallest absolute Gasteiger partial charge is 0.244 e. The van der Waals surface area contributed by atoms with Gasteiger partial charge in [-0.1, -0.05) is 50.1 Å². The van der Waals surface area contributed by atoms with E-state index in [-0.39, 0.29) is 11.8 Å². The molecule has 1 heterocycles. The molecule has 0 spiro atoms. The van der Waals surface area contributed by atoms with Gasteiger partial charge in [0.05, 0.1) is 12.2 Å². The van der Waals surface area contributed by atoms with E-state index in [1.54, 1.807) is 6.08 Å². The van der Waals surface area contributed by atoms with Crippen LogP contribution >= 0.6 is 0 Å². The van der Waals surface area contributed by atoms with Crippen LogP contribution in [0.3, 0.4) is 0 Å². The molecule has 2 amide bonds. The fourth-order valence-electron chi connectivity index (χ4n) is 3.06. The van der Waals surface area contributed by atoms with Gasteiger partial charge in [0.1, 0.15) is 6.04 Å². The second-order valence-corrected chi connectivity index (χ2v) is 7.34. The molecule has 0 aliphatic rings. The molecule has 1 aromatic carbocycles. The number of carbonyl (C=O) groups excluding carboxylic acids is 2. The Hall–Kier alpha value is -2.89. The Morgan fingerprint density at radius 1 is 1.21 bits per heavy atom. The van der Waals surface area contributed by atoms with Crippen LogP contribution in [0.1, 0.15) is 48.3 Å². The molecule has 0 aliphatic heterocycles. The van der Waals surface area contributed by atoms with E-state index in [0.717, 1.165) is 23.4 Å². The monoisotopic (exact) mass is 382 g/mol. The van der Waals surface area contributed by atoms with E-state index < -0.39 is 11.9 Å². The molecule has 0 radical (unpaired) electrons. The van der Waals surface area contributed by atoms with Crippen LogP contribution in [0.15, 0.2) is 30.3 Å². The van der Waals surface area contributed by atoms with Gasteiger partial charge >= 0.3 is 0 Å². The van der Waals surface area contributed by atoms with Crippen molar-refractivity contribution in [1.82, 2.24) is 15.1 Å². The fraction of sp³-hybridized carbons (Fsp3) is 0.409. The normalized spacial score (nSPS) is 13.5. The first-order valence-electron chi connectivity index (χ1n) is 9.60. The molecule has 6 nitrogen and oxygen atoms in total. The third-order valence-electron chi connectivity index (χ3n) is 5.11. The molecule has 150 valence electrons. The molecule has 0 aliphatic carbocycles. The highest BCUT2D eigenvalue weighted by Gasteiger charge is 2.22. The van der Waals surface area contributed by atoms with Gasteiger partial charge in [0, 0.05) is 17.3 Å². The highest BCUT2D eigenvalue weighted by atomic mass is 16.2. The maximum absolute atomic E-state index is 12.3. The molecule has 2 rings (SSSR count). The van der Waals surface area contributed by atoms with Crippen LogP contribution in [0, 0.1) is 26.7 Å². The molecule has 0 saturated heterocycles. The van der Waals surface area contributed by atoms with Crippen LogP contribution in [0.4, 0.5) is 0 Å². The summed E-state index contributed by atoms with van der Waals surface area (Å²) in [6.45, 7) is 10.5. The standard InChI is InChI=1S/C22H30N4O2/c1-6-15(3)21(22(23)28)24-20(27)12-11-19-16(4)25-26(17(19)5)13-18-9-7-14(2)8-10-18/h7-12,15,21H,6,13H2,1-5H3,(H2,23,28)(H,24,27). The van der Waals surface area contributed by atoms with Crippen molar-refractivity contribution < 1.29 is 9.59 Å². The van der Waals surface area contributed by atoms with Crippen LogP contribution in [-0.4, -0.2) is 27.6 Å². The Kier molecular flexibility index (Phi) is 7.15. The van der Waals surface area contributed by atoms with Gasteiger partial charge in [-0.2, -0.15) is 5.10 Å². The summed E-state index contributed by atoms with van der Waals surface area (Å²) in [5.74, 6) is -0.876. The first-order chi connectivity index (χ1) is 13.2. The summed E-state index contributed by atoms with van der Waals surface area (Å²) in [6.07, 6.45) is 3.93. The van der Waals surface area contributed by atoms with Gasteiger partial charge in [-0.05, 0) is 38.3 Å². The number of aryl methyl sites for hydroxylation is 2. The first-order valence-corrected chi connectivity index (χ1v) is 9.60. The number of benzene rings is 1. The lowest BCUT2D eigenvalue weighted by Crippen LogP contribution is -2.47. The number of hydrogen-bond acceptors (Lipinski definition) is 3. The molecule has 2 aromatic rings. The van der Waals surface area contributed by atoms with Gasteiger partial charge < -0.3 is 11.1 Å². The fourth-order valence-corrected chi connectivity index (χ4v) is 3.06. The molecule has 0 saturated carbocycles. The minimum absolute atomic E-state index is 0.0180. The number of amides is 2. The average Bonchev–Trinajstić information content (AvgIpc) is 2.92. The second-order valence-electron chi connectivity index (χ2n) is 7.34. The maximum Gasteiger partial charge on any atom is 0.244 e. The summed E-state index contributed by atoms with van der Waals surface area (Å²) >= 11 is 0. The summed E-state index contributed by atoms with van der Waals surface area (Å²) in [5, 5.41) is 7.30.